The van der Waals surface area contributed by atoms with Crippen LogP contribution in [0.1, 0.15) is 44.7 Å². The summed E-state index contributed by atoms with van der Waals surface area (Å²) in [5.74, 6) is 1.02. The summed E-state index contributed by atoms with van der Waals surface area (Å²) in [7, 11) is 0. The summed E-state index contributed by atoms with van der Waals surface area (Å²) < 4.78 is 5.60. The Morgan fingerprint density at radius 3 is 3.00 bits per heavy atom. The zero-order valence-electron chi connectivity index (χ0n) is 12.3. The molecule has 1 aliphatic rings. The van der Waals surface area contributed by atoms with Crippen molar-refractivity contribution in [2.24, 2.45) is 0 Å². The van der Waals surface area contributed by atoms with Crippen molar-refractivity contribution in [1.82, 2.24) is 10.6 Å². The smallest absolute Gasteiger partial charge is 0.220 e. The van der Waals surface area contributed by atoms with Crippen molar-refractivity contribution in [3.8, 4) is 5.75 Å². The molecule has 20 heavy (non-hydrogen) atoms. The zero-order valence-corrected chi connectivity index (χ0v) is 12.3. The normalized spacial score (nSPS) is 17.4. The molecule has 2 rings (SSSR count). The van der Waals surface area contributed by atoms with Gasteiger partial charge in [-0.25, -0.2) is 0 Å². The van der Waals surface area contributed by atoms with Gasteiger partial charge in [0.25, 0.3) is 0 Å². The van der Waals surface area contributed by atoms with E-state index in [1.807, 2.05) is 24.3 Å². The summed E-state index contributed by atoms with van der Waals surface area (Å²) in [5, 5.41) is 6.44. The fraction of sp³-hybridized carbons (Fsp3) is 0.562. The predicted molar refractivity (Wildman–Crippen MR) is 79.8 cm³/mol. The number of nitrogens with one attached hydrogen (secondary N) is 2. The van der Waals surface area contributed by atoms with Crippen LogP contribution in [0.5, 0.6) is 5.75 Å². The summed E-state index contributed by atoms with van der Waals surface area (Å²) in [5.41, 5.74) is 1.09. The van der Waals surface area contributed by atoms with Gasteiger partial charge < -0.3 is 15.4 Å². The lowest BCUT2D eigenvalue weighted by Gasteiger charge is -2.26. The molecule has 0 radical (unpaired) electrons. The molecule has 1 heterocycles. The quantitative estimate of drug-likeness (QED) is 0.784. The third-order valence-corrected chi connectivity index (χ3v) is 3.43. The van der Waals surface area contributed by atoms with Crippen LogP contribution >= 0.6 is 0 Å². The Balaban J connectivity index is 1.80. The van der Waals surface area contributed by atoms with Gasteiger partial charge in [-0.3, -0.25) is 4.79 Å². The first kappa shape index (κ1) is 14.9. The van der Waals surface area contributed by atoms with E-state index in [1.165, 1.54) is 0 Å². The number of carbonyl (C=O) groups is 1. The van der Waals surface area contributed by atoms with Crippen molar-refractivity contribution in [3.05, 3.63) is 29.8 Å². The molecule has 4 heteroatoms. The SMILES string of the molecule is CC(C)NCCCC(=O)NC1CCOc2ccccc21. The Kier molecular flexibility index (Phi) is 5.41. The van der Waals surface area contributed by atoms with Crippen LogP contribution in [0.4, 0.5) is 0 Å². The summed E-state index contributed by atoms with van der Waals surface area (Å²) in [6.45, 7) is 5.77. The molecule has 1 amide bonds. The van der Waals surface area contributed by atoms with E-state index >= 15 is 0 Å². The maximum absolute atomic E-state index is 12.0. The number of amides is 1. The molecule has 0 aromatic heterocycles. The third-order valence-electron chi connectivity index (χ3n) is 3.43. The van der Waals surface area contributed by atoms with E-state index in [-0.39, 0.29) is 11.9 Å². The second kappa shape index (κ2) is 7.29. The van der Waals surface area contributed by atoms with Crippen LogP contribution in [0.25, 0.3) is 0 Å². The summed E-state index contributed by atoms with van der Waals surface area (Å²) >= 11 is 0. The van der Waals surface area contributed by atoms with Gasteiger partial charge in [0.2, 0.25) is 5.91 Å². The molecule has 1 aromatic rings. The van der Waals surface area contributed by atoms with Crippen LogP contribution in [0.3, 0.4) is 0 Å². The first-order chi connectivity index (χ1) is 9.66. The number of hydrogen-bond acceptors (Lipinski definition) is 3. The highest BCUT2D eigenvalue weighted by Gasteiger charge is 2.22. The topological polar surface area (TPSA) is 50.4 Å². The summed E-state index contributed by atoms with van der Waals surface area (Å²) in [6, 6.07) is 8.49. The Labute approximate surface area is 120 Å². The van der Waals surface area contributed by atoms with Crippen molar-refractivity contribution < 1.29 is 9.53 Å². The lowest BCUT2D eigenvalue weighted by atomic mass is 10.0. The van der Waals surface area contributed by atoms with Crippen LogP contribution in [0.15, 0.2) is 24.3 Å². The first-order valence-corrected chi connectivity index (χ1v) is 7.41. The van der Waals surface area contributed by atoms with E-state index in [9.17, 15) is 4.79 Å². The first-order valence-electron chi connectivity index (χ1n) is 7.41. The fourth-order valence-electron chi connectivity index (χ4n) is 2.40. The second-order valence-electron chi connectivity index (χ2n) is 5.51. The fourth-order valence-corrected chi connectivity index (χ4v) is 2.40. The van der Waals surface area contributed by atoms with Gasteiger partial charge in [-0.2, -0.15) is 0 Å². The van der Waals surface area contributed by atoms with Gasteiger partial charge in [0.15, 0.2) is 0 Å². The molecule has 1 aliphatic heterocycles. The Hall–Kier alpha value is -1.55. The molecule has 2 N–H and O–H groups in total. The number of hydrogen-bond donors (Lipinski definition) is 2. The molecule has 0 saturated carbocycles. The minimum Gasteiger partial charge on any atom is -0.493 e. The van der Waals surface area contributed by atoms with Gasteiger partial charge >= 0.3 is 0 Å². The van der Waals surface area contributed by atoms with E-state index in [0.717, 1.165) is 30.7 Å². The number of rotatable bonds is 6. The largest absolute Gasteiger partial charge is 0.493 e. The Bertz CT molecular complexity index is 446. The molecule has 1 atom stereocenters. The van der Waals surface area contributed by atoms with E-state index in [0.29, 0.717) is 19.1 Å². The molecule has 0 saturated heterocycles. The molecule has 0 aliphatic carbocycles. The number of ether oxygens (including phenoxy) is 1. The average Bonchev–Trinajstić information content (AvgIpc) is 2.44. The maximum atomic E-state index is 12.0. The van der Waals surface area contributed by atoms with E-state index in [1.54, 1.807) is 0 Å². The molecule has 1 unspecified atom stereocenters. The van der Waals surface area contributed by atoms with Gasteiger partial charge in [-0.05, 0) is 19.0 Å². The predicted octanol–water partition coefficient (Wildman–Crippen LogP) is 2.40. The van der Waals surface area contributed by atoms with Crippen LogP contribution in [0, 0.1) is 0 Å². The van der Waals surface area contributed by atoms with E-state index in [2.05, 4.69) is 24.5 Å². The minimum absolute atomic E-state index is 0.0884. The van der Waals surface area contributed by atoms with Crippen molar-refractivity contribution in [1.29, 1.82) is 0 Å². The van der Waals surface area contributed by atoms with Gasteiger partial charge in [-0.1, -0.05) is 32.0 Å². The average molecular weight is 276 g/mol. The molecular weight excluding hydrogens is 252 g/mol. The molecule has 0 spiro atoms. The molecule has 110 valence electrons. The lowest BCUT2D eigenvalue weighted by molar-refractivity contribution is -0.122. The van der Waals surface area contributed by atoms with Gasteiger partial charge in [0, 0.05) is 24.4 Å². The number of benzene rings is 1. The number of fused-ring (bicyclic) bond motifs is 1. The van der Waals surface area contributed by atoms with Gasteiger partial charge in [0.05, 0.1) is 12.6 Å². The Morgan fingerprint density at radius 1 is 1.40 bits per heavy atom. The minimum atomic E-state index is 0.0884. The standard InChI is InChI=1S/C16H24N2O2/c1-12(2)17-10-5-8-16(19)18-14-9-11-20-15-7-4-3-6-13(14)15/h3-4,6-7,12,14,17H,5,8-11H2,1-2H3,(H,18,19). The summed E-state index contributed by atoms with van der Waals surface area (Å²) in [6.07, 6.45) is 2.28. The van der Waals surface area contributed by atoms with Crippen molar-refractivity contribution in [2.45, 2.75) is 45.2 Å². The second-order valence-corrected chi connectivity index (χ2v) is 5.51. The molecule has 4 nitrogen and oxygen atoms in total. The van der Waals surface area contributed by atoms with Gasteiger partial charge in [-0.15, -0.1) is 0 Å². The van der Waals surface area contributed by atoms with Crippen molar-refractivity contribution in [2.75, 3.05) is 13.2 Å². The highest BCUT2D eigenvalue weighted by molar-refractivity contribution is 5.76. The molecular formula is C16H24N2O2. The van der Waals surface area contributed by atoms with E-state index in [4.69, 9.17) is 4.74 Å². The number of carbonyl (C=O) groups excluding carboxylic acids is 1. The van der Waals surface area contributed by atoms with E-state index < -0.39 is 0 Å². The maximum Gasteiger partial charge on any atom is 0.220 e. The van der Waals surface area contributed by atoms with Gasteiger partial charge in [0.1, 0.15) is 5.75 Å². The van der Waals surface area contributed by atoms with Crippen LogP contribution in [-0.2, 0) is 4.79 Å². The monoisotopic (exact) mass is 276 g/mol. The van der Waals surface area contributed by atoms with Crippen LogP contribution < -0.4 is 15.4 Å². The Morgan fingerprint density at radius 2 is 2.20 bits per heavy atom. The highest BCUT2D eigenvalue weighted by Crippen LogP contribution is 2.31. The van der Waals surface area contributed by atoms with Crippen LogP contribution in [0.2, 0.25) is 0 Å². The zero-order chi connectivity index (χ0) is 14.4. The third kappa shape index (κ3) is 4.23. The number of para-hydroxylation sites is 1. The van der Waals surface area contributed by atoms with Crippen LogP contribution in [-0.4, -0.2) is 25.1 Å². The molecule has 0 bridgehead atoms. The summed E-state index contributed by atoms with van der Waals surface area (Å²) in [4.78, 5) is 12.0. The lowest BCUT2D eigenvalue weighted by Crippen LogP contribution is -2.32. The van der Waals surface area contributed by atoms with Crippen molar-refractivity contribution in [3.63, 3.8) is 0 Å². The molecule has 1 aromatic carbocycles. The van der Waals surface area contributed by atoms with Crippen molar-refractivity contribution >= 4 is 5.91 Å². The molecule has 0 fully saturated rings. The highest BCUT2D eigenvalue weighted by atomic mass is 16.5.